The van der Waals surface area contributed by atoms with Gasteiger partial charge in [0.1, 0.15) is 0 Å². The highest BCUT2D eigenvalue weighted by molar-refractivity contribution is 5.58. The molecule has 0 radical (unpaired) electrons. The maximum absolute atomic E-state index is 14.5. The van der Waals surface area contributed by atoms with Gasteiger partial charge in [-0.1, -0.05) is 36.4 Å². The number of aryl methyl sites for hydroxylation is 4. The average Bonchev–Trinajstić information content (AvgIpc) is 2.86. The molecule has 5 nitrogen and oxygen atoms in total. The molecule has 0 fully saturated rings. The third-order valence-electron chi connectivity index (χ3n) is 6.74. The standard InChI is InChI=1S/C29H28FN3O2/c1-19-7-5-12-25(30)28(19)35-29-31-23(17-26(32-29)22-14-16-27(34)33(2)18-22)15-13-21-10-6-9-20-8-3-4-11-24(20)21/h3-5,7-8,11-12,14,16-18,21H,6,9-10,13,15H2,1-2H3. The molecule has 1 atom stereocenters. The van der Waals surface area contributed by atoms with E-state index in [0.29, 0.717) is 17.2 Å². The number of pyridine rings is 1. The fourth-order valence-corrected chi connectivity index (χ4v) is 4.85. The van der Waals surface area contributed by atoms with Crippen LogP contribution in [0, 0.1) is 12.7 Å². The van der Waals surface area contributed by atoms with Crippen molar-refractivity contribution in [3.8, 4) is 23.0 Å². The Morgan fingerprint density at radius 1 is 1.09 bits per heavy atom. The topological polar surface area (TPSA) is 57.0 Å². The number of rotatable bonds is 6. The molecule has 0 saturated carbocycles. The molecular formula is C29H28FN3O2. The minimum Gasteiger partial charge on any atom is -0.421 e. The van der Waals surface area contributed by atoms with Gasteiger partial charge in [-0.3, -0.25) is 4.79 Å². The molecule has 2 aromatic heterocycles. The molecule has 0 aliphatic heterocycles. The molecule has 0 saturated heterocycles. The van der Waals surface area contributed by atoms with Gasteiger partial charge in [0, 0.05) is 30.6 Å². The monoisotopic (exact) mass is 469 g/mol. The van der Waals surface area contributed by atoms with Crippen LogP contribution in [-0.4, -0.2) is 14.5 Å². The number of hydrogen-bond acceptors (Lipinski definition) is 4. The van der Waals surface area contributed by atoms with Crippen LogP contribution < -0.4 is 10.3 Å². The van der Waals surface area contributed by atoms with Gasteiger partial charge in [-0.2, -0.15) is 9.97 Å². The van der Waals surface area contributed by atoms with Gasteiger partial charge in [0.05, 0.1) is 5.69 Å². The molecule has 0 spiro atoms. The molecule has 178 valence electrons. The number of para-hydroxylation sites is 1. The first kappa shape index (κ1) is 23.0. The lowest BCUT2D eigenvalue weighted by Crippen LogP contribution is -2.14. The number of ether oxygens (including phenoxy) is 1. The molecule has 1 aliphatic rings. The maximum atomic E-state index is 14.5. The van der Waals surface area contributed by atoms with Crippen LogP contribution in [0.4, 0.5) is 4.39 Å². The number of benzene rings is 2. The Hall–Kier alpha value is -3.80. The van der Waals surface area contributed by atoms with Gasteiger partial charge < -0.3 is 9.30 Å². The maximum Gasteiger partial charge on any atom is 0.322 e. The Kier molecular flexibility index (Phi) is 6.45. The van der Waals surface area contributed by atoms with E-state index in [-0.39, 0.29) is 17.3 Å². The van der Waals surface area contributed by atoms with Crippen LogP contribution in [0.25, 0.3) is 11.3 Å². The summed E-state index contributed by atoms with van der Waals surface area (Å²) in [5.74, 6) is 0.146. The molecule has 1 unspecified atom stereocenters. The van der Waals surface area contributed by atoms with Crippen molar-refractivity contribution >= 4 is 0 Å². The lowest BCUT2D eigenvalue weighted by Gasteiger charge is -2.25. The second kappa shape index (κ2) is 9.82. The summed E-state index contributed by atoms with van der Waals surface area (Å²) >= 11 is 0. The van der Waals surface area contributed by atoms with Gasteiger partial charge in [-0.15, -0.1) is 0 Å². The van der Waals surface area contributed by atoms with Crippen LogP contribution in [0.5, 0.6) is 11.8 Å². The Labute approximate surface area is 204 Å². The van der Waals surface area contributed by atoms with Crippen LogP contribution in [-0.2, 0) is 19.9 Å². The van der Waals surface area contributed by atoms with Crippen LogP contribution in [0.1, 0.15) is 47.6 Å². The number of aromatic nitrogens is 3. The first-order valence-electron chi connectivity index (χ1n) is 12.0. The van der Waals surface area contributed by atoms with Crippen molar-refractivity contribution in [2.75, 3.05) is 0 Å². The first-order chi connectivity index (χ1) is 17.0. The molecule has 35 heavy (non-hydrogen) atoms. The minimum atomic E-state index is -0.457. The summed E-state index contributed by atoms with van der Waals surface area (Å²) in [6, 6.07) is 18.8. The average molecular weight is 470 g/mol. The third kappa shape index (κ3) is 5.02. The second-order valence-electron chi connectivity index (χ2n) is 9.21. The summed E-state index contributed by atoms with van der Waals surface area (Å²) in [4.78, 5) is 21.1. The molecule has 2 aromatic carbocycles. The predicted molar refractivity (Wildman–Crippen MR) is 134 cm³/mol. The number of halogens is 1. The van der Waals surface area contributed by atoms with Crippen molar-refractivity contribution in [2.45, 2.75) is 44.9 Å². The fraction of sp³-hybridized carbons (Fsp3) is 0.276. The highest BCUT2D eigenvalue weighted by Crippen LogP contribution is 2.35. The smallest absolute Gasteiger partial charge is 0.322 e. The van der Waals surface area contributed by atoms with Gasteiger partial charge in [0.25, 0.3) is 0 Å². The van der Waals surface area contributed by atoms with Gasteiger partial charge in [0.2, 0.25) is 5.56 Å². The Morgan fingerprint density at radius 2 is 1.94 bits per heavy atom. The van der Waals surface area contributed by atoms with E-state index in [2.05, 4.69) is 34.2 Å². The van der Waals surface area contributed by atoms with Crippen LogP contribution in [0.15, 0.2) is 71.7 Å². The van der Waals surface area contributed by atoms with E-state index in [9.17, 15) is 9.18 Å². The molecule has 4 aromatic rings. The van der Waals surface area contributed by atoms with Crippen molar-refractivity contribution in [1.29, 1.82) is 0 Å². The SMILES string of the molecule is Cc1cccc(F)c1Oc1nc(CCC2CCCc3ccccc32)cc(-c2ccc(=O)n(C)c2)n1. The normalized spacial score (nSPS) is 15.0. The van der Waals surface area contributed by atoms with Crippen molar-refractivity contribution in [2.24, 2.45) is 7.05 Å². The van der Waals surface area contributed by atoms with E-state index in [1.165, 1.54) is 34.2 Å². The molecule has 0 N–H and O–H groups in total. The van der Waals surface area contributed by atoms with Gasteiger partial charge in [-0.25, -0.2) is 4.39 Å². The van der Waals surface area contributed by atoms with Crippen molar-refractivity contribution < 1.29 is 9.13 Å². The summed E-state index contributed by atoms with van der Waals surface area (Å²) < 4.78 is 21.9. The largest absolute Gasteiger partial charge is 0.421 e. The lowest BCUT2D eigenvalue weighted by molar-refractivity contribution is 0.406. The highest BCUT2D eigenvalue weighted by Gasteiger charge is 2.20. The zero-order chi connectivity index (χ0) is 24.4. The molecule has 6 heteroatoms. The van der Waals surface area contributed by atoms with E-state index in [1.54, 1.807) is 38.4 Å². The van der Waals surface area contributed by atoms with Crippen molar-refractivity contribution in [1.82, 2.24) is 14.5 Å². The third-order valence-corrected chi connectivity index (χ3v) is 6.74. The van der Waals surface area contributed by atoms with Gasteiger partial charge in [0.15, 0.2) is 11.6 Å². The second-order valence-corrected chi connectivity index (χ2v) is 9.21. The zero-order valence-electron chi connectivity index (χ0n) is 20.0. The van der Waals surface area contributed by atoms with Crippen LogP contribution >= 0.6 is 0 Å². The van der Waals surface area contributed by atoms with Crippen LogP contribution in [0.3, 0.4) is 0 Å². The van der Waals surface area contributed by atoms with Gasteiger partial charge in [-0.05, 0) is 79.8 Å². The lowest BCUT2D eigenvalue weighted by atomic mass is 9.80. The Balaban J connectivity index is 1.48. The molecule has 2 heterocycles. The summed E-state index contributed by atoms with van der Waals surface area (Å²) in [6.45, 7) is 1.79. The quantitative estimate of drug-likeness (QED) is 0.341. The van der Waals surface area contributed by atoms with E-state index >= 15 is 0 Å². The molecular weight excluding hydrogens is 441 g/mol. The molecule has 0 amide bonds. The number of hydrogen-bond donors (Lipinski definition) is 0. The number of nitrogens with zero attached hydrogens (tertiary/aromatic N) is 3. The fourth-order valence-electron chi connectivity index (χ4n) is 4.85. The first-order valence-corrected chi connectivity index (χ1v) is 12.0. The molecule has 5 rings (SSSR count). The summed E-state index contributed by atoms with van der Waals surface area (Å²) in [7, 11) is 1.70. The van der Waals surface area contributed by atoms with Gasteiger partial charge >= 0.3 is 6.01 Å². The van der Waals surface area contributed by atoms with E-state index in [0.717, 1.165) is 36.9 Å². The summed E-state index contributed by atoms with van der Waals surface area (Å²) in [6.07, 6.45) is 6.93. The predicted octanol–water partition coefficient (Wildman–Crippen LogP) is 6.13. The van der Waals surface area contributed by atoms with E-state index in [4.69, 9.17) is 4.74 Å². The molecule has 0 bridgehead atoms. The number of fused-ring (bicyclic) bond motifs is 1. The van der Waals surface area contributed by atoms with Crippen LogP contribution in [0.2, 0.25) is 0 Å². The summed E-state index contributed by atoms with van der Waals surface area (Å²) in [5, 5.41) is 0. The Morgan fingerprint density at radius 3 is 2.77 bits per heavy atom. The van der Waals surface area contributed by atoms with Crippen molar-refractivity contribution in [3.63, 3.8) is 0 Å². The summed E-state index contributed by atoms with van der Waals surface area (Å²) in [5.41, 5.74) is 5.68. The van der Waals surface area contributed by atoms with E-state index < -0.39 is 5.82 Å². The van der Waals surface area contributed by atoms with E-state index in [1.807, 2.05) is 6.07 Å². The zero-order valence-corrected chi connectivity index (χ0v) is 20.0. The molecule has 1 aliphatic carbocycles. The van der Waals surface area contributed by atoms with Crippen molar-refractivity contribution in [3.05, 3.63) is 105 Å². The Bertz CT molecular complexity index is 1410. The highest BCUT2D eigenvalue weighted by atomic mass is 19.1. The minimum absolute atomic E-state index is 0.0996.